The lowest BCUT2D eigenvalue weighted by atomic mass is 9.80. The summed E-state index contributed by atoms with van der Waals surface area (Å²) in [4.78, 5) is 26.0. The fraction of sp³-hybridized carbons (Fsp3) is 0.296. The molecule has 0 saturated carbocycles. The number of hydrogen-bond acceptors (Lipinski definition) is 8. The maximum absolute atomic E-state index is 13.2. The van der Waals surface area contributed by atoms with Gasteiger partial charge in [-0.2, -0.15) is 0 Å². The van der Waals surface area contributed by atoms with Crippen LogP contribution in [-0.2, 0) is 35.1 Å². The molecule has 0 aliphatic carbocycles. The summed E-state index contributed by atoms with van der Waals surface area (Å²) in [5.74, 6) is -2.55. The zero-order valence-corrected chi connectivity index (χ0v) is 21.2. The number of hydrogen-bond donors (Lipinski definition) is 2. The highest BCUT2D eigenvalue weighted by Crippen LogP contribution is 2.42. The van der Waals surface area contributed by atoms with Crippen LogP contribution in [0.1, 0.15) is 30.9 Å². The highest BCUT2D eigenvalue weighted by molar-refractivity contribution is 6.31. The molecule has 0 spiro atoms. The number of methoxy groups -OCH3 is 1. The van der Waals surface area contributed by atoms with E-state index in [1.165, 1.54) is 7.11 Å². The normalized spacial score (nSPS) is 15.3. The molecule has 0 aromatic heterocycles. The van der Waals surface area contributed by atoms with Gasteiger partial charge in [0.05, 0.1) is 44.0 Å². The summed E-state index contributed by atoms with van der Waals surface area (Å²) in [7, 11) is 1.26. The summed E-state index contributed by atoms with van der Waals surface area (Å²) in [6.45, 7) is 4.15. The van der Waals surface area contributed by atoms with Gasteiger partial charge in [-0.3, -0.25) is 5.41 Å². The van der Waals surface area contributed by atoms with Crippen LogP contribution in [0.5, 0.6) is 0 Å². The molecule has 2 N–H and O–H groups in total. The molecule has 1 heterocycles. The quantitative estimate of drug-likeness (QED) is 0.209. The number of halogens is 1. The largest absolute Gasteiger partial charge is 0.474 e. The van der Waals surface area contributed by atoms with Crippen LogP contribution < -0.4 is 5.32 Å². The second kappa shape index (κ2) is 12.9. The van der Waals surface area contributed by atoms with E-state index in [1.54, 1.807) is 38.1 Å². The molecule has 1 unspecified atom stereocenters. The first kappa shape index (κ1) is 27.0. The molecule has 1 aliphatic rings. The number of carbonyl (C=O) groups is 2. The number of allylic oxidation sites excluding steroid dienone is 1. The Hall–Kier alpha value is -3.62. The van der Waals surface area contributed by atoms with E-state index in [0.717, 1.165) is 5.56 Å². The summed E-state index contributed by atoms with van der Waals surface area (Å²) in [6, 6.07) is 16.6. The molecule has 36 heavy (non-hydrogen) atoms. The van der Waals surface area contributed by atoms with Gasteiger partial charge >= 0.3 is 11.9 Å². The van der Waals surface area contributed by atoms with Crippen molar-refractivity contribution in [1.29, 1.82) is 5.41 Å². The van der Waals surface area contributed by atoms with Crippen LogP contribution in [0.2, 0.25) is 5.02 Å². The number of nitrogens with one attached hydrogen (secondary N) is 2. The topological polar surface area (TPSA) is 107 Å². The van der Waals surface area contributed by atoms with E-state index in [9.17, 15) is 9.59 Å². The Morgan fingerprint density at radius 3 is 2.33 bits per heavy atom. The number of rotatable bonds is 10. The average molecular weight is 513 g/mol. The first-order valence-corrected chi connectivity index (χ1v) is 11.8. The van der Waals surface area contributed by atoms with E-state index in [4.69, 9.17) is 36.0 Å². The van der Waals surface area contributed by atoms with Gasteiger partial charge in [-0.15, -0.1) is 0 Å². The number of esters is 2. The van der Waals surface area contributed by atoms with E-state index < -0.39 is 17.9 Å². The summed E-state index contributed by atoms with van der Waals surface area (Å²) in [5, 5.41) is 11.9. The minimum absolute atomic E-state index is 0.0335. The molecule has 1 atom stereocenters. The fourth-order valence-corrected chi connectivity index (χ4v) is 4.12. The molecule has 3 rings (SSSR count). The van der Waals surface area contributed by atoms with Gasteiger partial charge in [0.25, 0.3) is 0 Å². The Morgan fingerprint density at radius 2 is 1.67 bits per heavy atom. The number of dihydropyridines is 1. The third-order valence-electron chi connectivity index (χ3n) is 5.49. The minimum Gasteiger partial charge on any atom is -0.474 e. The third-order valence-corrected chi connectivity index (χ3v) is 5.84. The van der Waals surface area contributed by atoms with Crippen LogP contribution in [-0.4, -0.2) is 44.8 Å². The van der Waals surface area contributed by atoms with E-state index in [-0.39, 0.29) is 42.6 Å². The van der Waals surface area contributed by atoms with Crippen molar-refractivity contribution in [2.24, 2.45) is 0 Å². The van der Waals surface area contributed by atoms with Crippen molar-refractivity contribution in [3.8, 4) is 0 Å². The Morgan fingerprint density at radius 1 is 0.972 bits per heavy atom. The van der Waals surface area contributed by atoms with E-state index >= 15 is 0 Å². The lowest BCUT2D eigenvalue weighted by Gasteiger charge is -2.31. The Bertz CT molecular complexity index is 1180. The van der Waals surface area contributed by atoms with E-state index in [1.807, 2.05) is 30.3 Å². The summed E-state index contributed by atoms with van der Waals surface area (Å²) in [6.07, 6.45) is 0. The zero-order chi connectivity index (χ0) is 26.1. The summed E-state index contributed by atoms with van der Waals surface area (Å²) in [5.41, 5.74) is 2.24. The highest BCUT2D eigenvalue weighted by Gasteiger charge is 2.41. The molecule has 2 aromatic carbocycles. The lowest BCUT2D eigenvalue weighted by Crippen LogP contribution is -2.36. The van der Waals surface area contributed by atoms with Crippen LogP contribution in [0.4, 0.5) is 0 Å². The molecular formula is C27H29ClN2O6. The fourth-order valence-electron chi connectivity index (χ4n) is 3.88. The van der Waals surface area contributed by atoms with Gasteiger partial charge in [0, 0.05) is 10.7 Å². The summed E-state index contributed by atoms with van der Waals surface area (Å²) >= 11 is 6.49. The highest BCUT2D eigenvalue weighted by atomic mass is 35.5. The number of benzene rings is 2. The molecule has 0 bridgehead atoms. The molecule has 1 aliphatic heterocycles. The SMILES string of the molecule is CCOC(=O)C1=C(C(=N)OCCOCc2ccccc2)NC(C)=C(C(=O)OC)C1c1ccccc1Cl. The van der Waals surface area contributed by atoms with Crippen molar-refractivity contribution in [3.63, 3.8) is 0 Å². The van der Waals surface area contributed by atoms with Crippen molar-refractivity contribution in [1.82, 2.24) is 5.32 Å². The Labute approximate surface area is 215 Å². The maximum atomic E-state index is 13.2. The van der Waals surface area contributed by atoms with Crippen molar-refractivity contribution in [2.75, 3.05) is 26.9 Å². The van der Waals surface area contributed by atoms with Crippen molar-refractivity contribution in [3.05, 3.63) is 93.3 Å². The lowest BCUT2D eigenvalue weighted by molar-refractivity contribution is -0.139. The molecule has 8 nitrogen and oxygen atoms in total. The van der Waals surface area contributed by atoms with Crippen molar-refractivity contribution >= 4 is 29.4 Å². The Balaban J connectivity index is 1.90. The first-order valence-electron chi connectivity index (χ1n) is 11.4. The second-order valence-electron chi connectivity index (χ2n) is 7.83. The minimum atomic E-state index is -0.931. The molecule has 0 fully saturated rings. The van der Waals surface area contributed by atoms with Gasteiger partial charge in [0.2, 0.25) is 5.90 Å². The maximum Gasteiger partial charge on any atom is 0.337 e. The van der Waals surface area contributed by atoms with Crippen molar-refractivity contribution in [2.45, 2.75) is 26.4 Å². The first-order chi connectivity index (χ1) is 17.4. The van der Waals surface area contributed by atoms with Crippen LogP contribution >= 0.6 is 11.6 Å². The van der Waals surface area contributed by atoms with Gasteiger partial charge < -0.3 is 24.3 Å². The molecular weight excluding hydrogens is 484 g/mol. The summed E-state index contributed by atoms with van der Waals surface area (Å²) < 4.78 is 21.6. The average Bonchev–Trinajstić information content (AvgIpc) is 2.88. The van der Waals surface area contributed by atoms with Gasteiger partial charge in [-0.05, 0) is 31.0 Å². The smallest absolute Gasteiger partial charge is 0.337 e. The molecule has 2 aromatic rings. The van der Waals surface area contributed by atoms with Crippen LogP contribution in [0.3, 0.4) is 0 Å². The van der Waals surface area contributed by atoms with Gasteiger partial charge in [0.15, 0.2) is 0 Å². The third kappa shape index (κ3) is 6.33. The molecule has 190 valence electrons. The second-order valence-corrected chi connectivity index (χ2v) is 8.24. The van der Waals surface area contributed by atoms with E-state index in [2.05, 4.69) is 5.32 Å². The van der Waals surface area contributed by atoms with Gasteiger partial charge in [0.1, 0.15) is 12.3 Å². The zero-order valence-electron chi connectivity index (χ0n) is 20.4. The molecule has 9 heteroatoms. The molecule has 0 saturated heterocycles. The van der Waals surface area contributed by atoms with Crippen molar-refractivity contribution < 1.29 is 28.5 Å². The van der Waals surface area contributed by atoms with Gasteiger partial charge in [-0.1, -0.05) is 60.1 Å². The van der Waals surface area contributed by atoms with Crippen LogP contribution in [0, 0.1) is 5.41 Å². The predicted molar refractivity (Wildman–Crippen MR) is 135 cm³/mol. The molecule has 0 amide bonds. The molecule has 0 radical (unpaired) electrons. The standard InChI is InChI=1S/C27H29ClN2O6/c1-4-35-27(32)23-22(19-12-8-9-13-20(19)28)21(26(31)33-3)17(2)30-24(23)25(29)36-15-14-34-16-18-10-6-5-7-11-18/h5-13,22,29-30H,4,14-16H2,1-3H3. The van der Waals surface area contributed by atoms with Crippen LogP contribution in [0.25, 0.3) is 0 Å². The van der Waals surface area contributed by atoms with Crippen LogP contribution in [0.15, 0.2) is 77.1 Å². The Kier molecular flexibility index (Phi) is 9.67. The predicted octanol–water partition coefficient (Wildman–Crippen LogP) is 4.50. The van der Waals surface area contributed by atoms with Gasteiger partial charge in [-0.25, -0.2) is 9.59 Å². The number of ether oxygens (including phenoxy) is 4. The number of carbonyl (C=O) groups excluding carboxylic acids is 2. The monoisotopic (exact) mass is 512 g/mol. The van der Waals surface area contributed by atoms with E-state index in [0.29, 0.717) is 22.9 Å².